The molecule has 0 unspecified atom stereocenters. The number of nitrogens with one attached hydrogen (secondary N) is 1. The van der Waals surface area contributed by atoms with Crippen LogP contribution in [0.4, 0.5) is 5.95 Å². The molecule has 1 N–H and O–H groups in total. The second-order valence-electron chi connectivity index (χ2n) is 4.66. The van der Waals surface area contributed by atoms with Crippen LogP contribution in [0.5, 0.6) is 5.75 Å². The highest BCUT2D eigenvalue weighted by Gasteiger charge is 2.04. The Morgan fingerprint density at radius 1 is 1.11 bits per heavy atom. The van der Waals surface area contributed by atoms with Gasteiger partial charge in [-0.05, 0) is 51.1 Å². The first kappa shape index (κ1) is 13.3. The van der Waals surface area contributed by atoms with Crippen molar-refractivity contribution in [3.63, 3.8) is 0 Å². The Bertz CT molecular complexity index is 550. The summed E-state index contributed by atoms with van der Waals surface area (Å²) in [5, 5.41) is 2.97. The first-order valence-corrected chi connectivity index (χ1v) is 6.39. The lowest BCUT2D eigenvalue weighted by Crippen LogP contribution is -2.05. The molecule has 1 aromatic carbocycles. The summed E-state index contributed by atoms with van der Waals surface area (Å²) in [5.41, 5.74) is 2.91. The molecule has 0 aliphatic heterocycles. The molecule has 4 heteroatoms. The Hall–Kier alpha value is -2.10. The van der Waals surface area contributed by atoms with E-state index in [2.05, 4.69) is 15.3 Å². The maximum absolute atomic E-state index is 5.63. The van der Waals surface area contributed by atoms with Crippen LogP contribution in [0.3, 0.4) is 0 Å². The third kappa shape index (κ3) is 3.44. The molecule has 0 aliphatic rings. The Kier molecular flexibility index (Phi) is 4.00. The number of rotatable bonds is 4. The van der Waals surface area contributed by atoms with E-state index in [-0.39, 0.29) is 6.10 Å². The standard InChI is InChI=1S/C15H19N3O/c1-10(2)19-13-7-5-12(6-8-13)14-9-11(3)17-15(16-4)18-14/h5-10H,1-4H3,(H,16,17,18). The lowest BCUT2D eigenvalue weighted by molar-refractivity contribution is 0.242. The number of hydrogen-bond acceptors (Lipinski definition) is 4. The van der Waals surface area contributed by atoms with Gasteiger partial charge in [-0.1, -0.05) is 0 Å². The van der Waals surface area contributed by atoms with Crippen molar-refractivity contribution in [2.24, 2.45) is 0 Å². The molecule has 19 heavy (non-hydrogen) atoms. The van der Waals surface area contributed by atoms with E-state index in [9.17, 15) is 0 Å². The van der Waals surface area contributed by atoms with E-state index in [0.29, 0.717) is 5.95 Å². The molecule has 4 nitrogen and oxygen atoms in total. The van der Waals surface area contributed by atoms with Crippen molar-refractivity contribution in [2.75, 3.05) is 12.4 Å². The van der Waals surface area contributed by atoms with Crippen molar-refractivity contribution in [2.45, 2.75) is 26.9 Å². The van der Waals surface area contributed by atoms with Gasteiger partial charge in [0.25, 0.3) is 0 Å². The van der Waals surface area contributed by atoms with Gasteiger partial charge in [0, 0.05) is 18.3 Å². The van der Waals surface area contributed by atoms with Gasteiger partial charge >= 0.3 is 0 Å². The van der Waals surface area contributed by atoms with Gasteiger partial charge in [-0.3, -0.25) is 0 Å². The van der Waals surface area contributed by atoms with Crippen molar-refractivity contribution >= 4 is 5.95 Å². The molecule has 0 amide bonds. The smallest absolute Gasteiger partial charge is 0.223 e. The molecule has 0 aliphatic carbocycles. The number of benzene rings is 1. The maximum atomic E-state index is 5.63. The normalized spacial score (nSPS) is 10.6. The second-order valence-corrected chi connectivity index (χ2v) is 4.66. The van der Waals surface area contributed by atoms with Crippen LogP contribution < -0.4 is 10.1 Å². The Morgan fingerprint density at radius 3 is 2.37 bits per heavy atom. The molecular formula is C15H19N3O. The van der Waals surface area contributed by atoms with Crippen LogP contribution >= 0.6 is 0 Å². The molecule has 1 heterocycles. The summed E-state index contributed by atoms with van der Waals surface area (Å²) >= 11 is 0. The minimum Gasteiger partial charge on any atom is -0.491 e. The van der Waals surface area contributed by atoms with E-state index >= 15 is 0 Å². The molecule has 0 bridgehead atoms. The fraction of sp³-hybridized carbons (Fsp3) is 0.333. The zero-order valence-corrected chi connectivity index (χ0v) is 11.8. The van der Waals surface area contributed by atoms with E-state index in [1.165, 1.54) is 0 Å². The predicted octanol–water partition coefficient (Wildman–Crippen LogP) is 3.28. The predicted molar refractivity (Wildman–Crippen MR) is 77.5 cm³/mol. The summed E-state index contributed by atoms with van der Waals surface area (Å²) in [6.45, 7) is 5.99. The Balaban J connectivity index is 2.29. The highest BCUT2D eigenvalue weighted by Crippen LogP contribution is 2.22. The number of aromatic nitrogens is 2. The minimum absolute atomic E-state index is 0.183. The van der Waals surface area contributed by atoms with Gasteiger partial charge in [0.2, 0.25) is 5.95 Å². The van der Waals surface area contributed by atoms with Gasteiger partial charge < -0.3 is 10.1 Å². The van der Waals surface area contributed by atoms with Crippen LogP contribution in [-0.4, -0.2) is 23.1 Å². The van der Waals surface area contributed by atoms with Gasteiger partial charge in [0.15, 0.2) is 0 Å². The average molecular weight is 257 g/mol. The van der Waals surface area contributed by atoms with Gasteiger partial charge in [-0.15, -0.1) is 0 Å². The minimum atomic E-state index is 0.183. The fourth-order valence-corrected chi connectivity index (χ4v) is 1.80. The molecule has 0 atom stereocenters. The van der Waals surface area contributed by atoms with Crippen molar-refractivity contribution in [1.29, 1.82) is 0 Å². The summed E-state index contributed by atoms with van der Waals surface area (Å²) in [7, 11) is 1.82. The number of anilines is 1. The van der Waals surface area contributed by atoms with Crippen LogP contribution in [0.25, 0.3) is 11.3 Å². The lowest BCUT2D eigenvalue weighted by atomic mass is 10.1. The van der Waals surface area contributed by atoms with Crippen molar-refractivity contribution in [3.8, 4) is 17.0 Å². The number of nitrogens with zero attached hydrogens (tertiary/aromatic N) is 2. The maximum Gasteiger partial charge on any atom is 0.223 e. The molecule has 0 saturated carbocycles. The second kappa shape index (κ2) is 5.69. The zero-order chi connectivity index (χ0) is 13.8. The molecule has 0 spiro atoms. The molecule has 0 radical (unpaired) electrons. The van der Waals surface area contributed by atoms with E-state index < -0.39 is 0 Å². The number of hydrogen-bond donors (Lipinski definition) is 1. The SMILES string of the molecule is CNc1nc(C)cc(-c2ccc(OC(C)C)cc2)n1. The number of ether oxygens (including phenoxy) is 1. The molecule has 100 valence electrons. The third-order valence-corrected chi connectivity index (χ3v) is 2.60. The van der Waals surface area contributed by atoms with Crippen LogP contribution in [0, 0.1) is 6.92 Å². The highest BCUT2D eigenvalue weighted by molar-refractivity contribution is 5.61. The molecule has 0 fully saturated rings. The van der Waals surface area contributed by atoms with Gasteiger partial charge in [-0.2, -0.15) is 0 Å². The molecule has 1 aromatic heterocycles. The van der Waals surface area contributed by atoms with Crippen LogP contribution in [0.1, 0.15) is 19.5 Å². The molecule has 2 aromatic rings. The monoisotopic (exact) mass is 257 g/mol. The summed E-state index contributed by atoms with van der Waals surface area (Å²) in [4.78, 5) is 8.74. The fourth-order valence-electron chi connectivity index (χ4n) is 1.80. The third-order valence-electron chi connectivity index (χ3n) is 2.60. The summed E-state index contributed by atoms with van der Waals surface area (Å²) < 4.78 is 5.63. The van der Waals surface area contributed by atoms with Crippen LogP contribution in [0.2, 0.25) is 0 Å². The largest absolute Gasteiger partial charge is 0.491 e. The topological polar surface area (TPSA) is 47.0 Å². The molecule has 0 saturated heterocycles. The number of aryl methyl sites for hydroxylation is 1. The Morgan fingerprint density at radius 2 is 1.79 bits per heavy atom. The summed E-state index contributed by atoms with van der Waals surface area (Å²) in [6.07, 6.45) is 0.183. The van der Waals surface area contributed by atoms with E-state index in [1.54, 1.807) is 0 Å². The van der Waals surface area contributed by atoms with Crippen LogP contribution in [0.15, 0.2) is 30.3 Å². The average Bonchev–Trinajstić information content (AvgIpc) is 2.38. The Labute approximate surface area is 113 Å². The zero-order valence-electron chi connectivity index (χ0n) is 11.8. The van der Waals surface area contributed by atoms with Crippen molar-refractivity contribution < 1.29 is 4.74 Å². The first-order chi connectivity index (χ1) is 9.08. The summed E-state index contributed by atoms with van der Waals surface area (Å²) in [5.74, 6) is 1.51. The lowest BCUT2D eigenvalue weighted by Gasteiger charge is -2.10. The van der Waals surface area contributed by atoms with Crippen molar-refractivity contribution in [3.05, 3.63) is 36.0 Å². The molecule has 2 rings (SSSR count). The summed E-state index contributed by atoms with van der Waals surface area (Å²) in [6, 6.07) is 9.93. The van der Waals surface area contributed by atoms with Crippen molar-refractivity contribution in [1.82, 2.24) is 9.97 Å². The molecular weight excluding hydrogens is 238 g/mol. The first-order valence-electron chi connectivity index (χ1n) is 6.39. The highest BCUT2D eigenvalue weighted by atomic mass is 16.5. The van der Waals surface area contributed by atoms with E-state index in [4.69, 9.17) is 4.74 Å². The van der Waals surface area contributed by atoms with Gasteiger partial charge in [0.1, 0.15) is 5.75 Å². The van der Waals surface area contributed by atoms with E-state index in [1.807, 2.05) is 58.2 Å². The van der Waals surface area contributed by atoms with Gasteiger partial charge in [-0.25, -0.2) is 9.97 Å². The van der Waals surface area contributed by atoms with Gasteiger partial charge in [0.05, 0.1) is 11.8 Å². The van der Waals surface area contributed by atoms with Crippen LogP contribution in [-0.2, 0) is 0 Å². The quantitative estimate of drug-likeness (QED) is 0.913. The van der Waals surface area contributed by atoms with E-state index in [0.717, 1.165) is 22.7 Å².